The van der Waals surface area contributed by atoms with Crippen molar-refractivity contribution >= 4 is 16.9 Å². The molecule has 1 aliphatic heterocycles. The molecular weight excluding hydrogens is 459 g/mol. The number of aryl methyl sites for hydroxylation is 1. The highest BCUT2D eigenvalue weighted by Gasteiger charge is 2.31. The fourth-order valence-corrected chi connectivity index (χ4v) is 5.44. The molecule has 192 valence electrons. The van der Waals surface area contributed by atoms with Gasteiger partial charge in [-0.1, -0.05) is 12.1 Å². The van der Waals surface area contributed by atoms with E-state index >= 15 is 0 Å². The Morgan fingerprint density at radius 2 is 2.00 bits per heavy atom. The zero-order valence-electron chi connectivity index (χ0n) is 20.8. The van der Waals surface area contributed by atoms with Gasteiger partial charge >= 0.3 is 5.97 Å². The lowest BCUT2D eigenvalue weighted by atomic mass is 9.79. The van der Waals surface area contributed by atoms with Crippen LogP contribution in [0.15, 0.2) is 54.7 Å². The molecule has 2 aromatic carbocycles. The minimum atomic E-state index is -0.772. The van der Waals surface area contributed by atoms with Gasteiger partial charge < -0.3 is 19.8 Å². The number of benzene rings is 2. The van der Waals surface area contributed by atoms with Crippen molar-refractivity contribution in [3.63, 3.8) is 0 Å². The summed E-state index contributed by atoms with van der Waals surface area (Å²) >= 11 is 0. The van der Waals surface area contributed by atoms with Crippen LogP contribution in [0.25, 0.3) is 10.9 Å². The Balaban J connectivity index is 1.34. The molecule has 0 bridgehead atoms. The van der Waals surface area contributed by atoms with Crippen LogP contribution in [0.2, 0.25) is 0 Å². The maximum atomic E-state index is 13.1. The molecule has 1 aromatic heterocycles. The van der Waals surface area contributed by atoms with E-state index in [0.29, 0.717) is 6.42 Å². The summed E-state index contributed by atoms with van der Waals surface area (Å²) in [7, 11) is 1.62. The molecule has 0 aliphatic carbocycles. The molecule has 7 heteroatoms. The number of aromatic nitrogens is 1. The zero-order valence-corrected chi connectivity index (χ0v) is 20.8. The van der Waals surface area contributed by atoms with Crippen LogP contribution in [-0.2, 0) is 11.2 Å². The first-order chi connectivity index (χ1) is 17.4. The van der Waals surface area contributed by atoms with Gasteiger partial charge in [-0.2, -0.15) is 0 Å². The van der Waals surface area contributed by atoms with Crippen LogP contribution >= 0.6 is 0 Å². The lowest BCUT2D eigenvalue weighted by Gasteiger charge is -2.38. The summed E-state index contributed by atoms with van der Waals surface area (Å²) in [4.78, 5) is 18.3. The van der Waals surface area contributed by atoms with Crippen molar-refractivity contribution in [2.75, 3.05) is 26.7 Å². The highest BCUT2D eigenvalue weighted by Crippen LogP contribution is 2.34. The molecular formula is C29H35FN2O4. The second-order valence-electron chi connectivity index (χ2n) is 9.81. The molecule has 1 saturated heterocycles. The third-order valence-electron chi connectivity index (χ3n) is 7.42. The number of aliphatic hydroxyl groups excluding tert-OH is 1. The van der Waals surface area contributed by atoms with E-state index in [1.165, 1.54) is 12.1 Å². The zero-order chi connectivity index (χ0) is 25.5. The smallest absolute Gasteiger partial charge is 0.303 e. The second kappa shape index (κ2) is 12.3. The van der Waals surface area contributed by atoms with Gasteiger partial charge in [-0.05, 0) is 105 Å². The van der Waals surface area contributed by atoms with Crippen molar-refractivity contribution in [1.82, 2.24) is 9.88 Å². The molecule has 2 N–H and O–H groups in total. The quantitative estimate of drug-likeness (QED) is 0.379. The minimum Gasteiger partial charge on any atom is -0.497 e. The molecule has 3 atom stereocenters. The predicted octanol–water partition coefficient (Wildman–Crippen LogP) is 5.24. The first kappa shape index (κ1) is 26.0. The normalized spacial score (nSPS) is 19.3. The molecule has 2 heterocycles. The number of piperidine rings is 1. The van der Waals surface area contributed by atoms with E-state index in [-0.39, 0.29) is 24.1 Å². The van der Waals surface area contributed by atoms with Crippen molar-refractivity contribution in [3.8, 4) is 5.75 Å². The largest absolute Gasteiger partial charge is 0.497 e. The van der Waals surface area contributed by atoms with Crippen LogP contribution in [-0.4, -0.2) is 52.8 Å². The topological polar surface area (TPSA) is 82.9 Å². The van der Waals surface area contributed by atoms with Crippen LogP contribution in [0.5, 0.6) is 5.75 Å². The van der Waals surface area contributed by atoms with E-state index in [1.807, 2.05) is 36.4 Å². The number of aliphatic carboxylic acids is 1. The average Bonchev–Trinajstić information content (AvgIpc) is 2.88. The van der Waals surface area contributed by atoms with Gasteiger partial charge in [0, 0.05) is 24.5 Å². The molecule has 0 saturated carbocycles. The van der Waals surface area contributed by atoms with Gasteiger partial charge in [0.05, 0.1) is 18.7 Å². The van der Waals surface area contributed by atoms with E-state index < -0.39 is 12.1 Å². The van der Waals surface area contributed by atoms with Crippen LogP contribution in [0.1, 0.15) is 49.3 Å². The number of hydrogen-bond donors (Lipinski definition) is 2. The number of hydrogen-bond acceptors (Lipinski definition) is 5. The third kappa shape index (κ3) is 6.80. The molecule has 4 rings (SSSR count). The number of nitrogens with zero attached hydrogens (tertiary/aromatic N) is 2. The molecule has 3 aromatic rings. The van der Waals surface area contributed by atoms with E-state index in [2.05, 4.69) is 9.88 Å². The highest BCUT2D eigenvalue weighted by atomic mass is 19.1. The van der Waals surface area contributed by atoms with E-state index in [4.69, 9.17) is 4.74 Å². The van der Waals surface area contributed by atoms with Gasteiger partial charge in [0.2, 0.25) is 0 Å². The van der Waals surface area contributed by atoms with Crippen molar-refractivity contribution in [2.45, 2.75) is 44.6 Å². The Morgan fingerprint density at radius 3 is 2.75 bits per heavy atom. The van der Waals surface area contributed by atoms with E-state index in [0.717, 1.165) is 73.1 Å². The Kier molecular flexibility index (Phi) is 8.88. The van der Waals surface area contributed by atoms with Gasteiger partial charge in [0.15, 0.2) is 0 Å². The number of fused-ring (bicyclic) bond motifs is 1. The minimum absolute atomic E-state index is 0.0588. The third-order valence-corrected chi connectivity index (χ3v) is 7.42. The summed E-state index contributed by atoms with van der Waals surface area (Å²) in [6.45, 7) is 2.58. The number of carbonyl (C=O) groups is 1. The summed E-state index contributed by atoms with van der Waals surface area (Å²) < 4.78 is 18.5. The van der Waals surface area contributed by atoms with Gasteiger partial charge in [0.1, 0.15) is 11.6 Å². The number of carboxylic acid groups (broad SMARTS) is 1. The van der Waals surface area contributed by atoms with Crippen LogP contribution in [0.4, 0.5) is 4.39 Å². The number of halogens is 1. The number of pyridine rings is 1. The summed E-state index contributed by atoms with van der Waals surface area (Å²) in [5, 5.41) is 21.5. The molecule has 36 heavy (non-hydrogen) atoms. The maximum absolute atomic E-state index is 13.1. The summed E-state index contributed by atoms with van der Waals surface area (Å²) in [5.74, 6) is 0.0396. The Morgan fingerprint density at radius 1 is 1.19 bits per heavy atom. The first-order valence-electron chi connectivity index (χ1n) is 12.7. The van der Waals surface area contributed by atoms with E-state index in [9.17, 15) is 19.4 Å². The SMILES string of the molecule is COc1ccc2nccc([C@@H](O)CC[C@@H]3CCN(CCCc4ccc(F)cc4)C[C@@H]3CC(=O)O)c2c1. The Hall–Kier alpha value is -3.03. The number of methoxy groups -OCH3 is 1. The van der Waals surface area contributed by atoms with Crippen molar-refractivity contribution < 1.29 is 24.1 Å². The van der Waals surface area contributed by atoms with Crippen LogP contribution in [0.3, 0.4) is 0 Å². The number of aliphatic hydroxyl groups is 1. The van der Waals surface area contributed by atoms with Gasteiger partial charge in [-0.15, -0.1) is 0 Å². The number of ether oxygens (including phenoxy) is 1. The first-order valence-corrected chi connectivity index (χ1v) is 12.7. The average molecular weight is 495 g/mol. The maximum Gasteiger partial charge on any atom is 0.303 e. The summed E-state index contributed by atoms with van der Waals surface area (Å²) in [6.07, 6.45) is 5.30. The number of rotatable bonds is 11. The predicted molar refractivity (Wildman–Crippen MR) is 137 cm³/mol. The second-order valence-corrected chi connectivity index (χ2v) is 9.81. The molecule has 0 unspecified atom stereocenters. The molecule has 0 amide bonds. The molecule has 0 spiro atoms. The van der Waals surface area contributed by atoms with Gasteiger partial charge in [-0.25, -0.2) is 4.39 Å². The van der Waals surface area contributed by atoms with Crippen LogP contribution in [0, 0.1) is 17.7 Å². The molecule has 1 aliphatic rings. The fourth-order valence-electron chi connectivity index (χ4n) is 5.44. The number of likely N-dealkylation sites (tertiary alicyclic amines) is 1. The highest BCUT2D eigenvalue weighted by molar-refractivity contribution is 5.83. The standard InChI is InChI=1S/C29H35FN2O4/c1-36-24-9-10-27-26(18-24)25(12-14-31-27)28(33)11-6-21-13-16-32(19-22(21)17-29(34)35)15-2-3-20-4-7-23(30)8-5-20/h4-5,7-10,12,14,18,21-22,28,33H,2-3,6,11,13,15-17,19H2,1H3,(H,34,35)/t21-,22+,28+/m1/s1. The van der Waals surface area contributed by atoms with Crippen molar-refractivity contribution in [2.24, 2.45) is 11.8 Å². The lowest BCUT2D eigenvalue weighted by molar-refractivity contribution is -0.139. The molecule has 6 nitrogen and oxygen atoms in total. The summed E-state index contributed by atoms with van der Waals surface area (Å²) in [5.41, 5.74) is 2.75. The Labute approximate surface area is 211 Å². The van der Waals surface area contributed by atoms with Crippen molar-refractivity contribution in [3.05, 3.63) is 71.7 Å². The monoisotopic (exact) mass is 494 g/mol. The fraction of sp³-hybridized carbons (Fsp3) is 0.448. The Bertz CT molecular complexity index is 1150. The lowest BCUT2D eigenvalue weighted by Crippen LogP contribution is -2.42. The van der Waals surface area contributed by atoms with Crippen molar-refractivity contribution in [1.29, 1.82) is 0 Å². The van der Waals surface area contributed by atoms with Gasteiger partial charge in [-0.3, -0.25) is 9.78 Å². The number of carboxylic acids is 1. The molecule has 1 fully saturated rings. The summed E-state index contributed by atoms with van der Waals surface area (Å²) in [6, 6.07) is 14.1. The van der Waals surface area contributed by atoms with Gasteiger partial charge in [0.25, 0.3) is 0 Å². The molecule has 0 radical (unpaired) electrons. The van der Waals surface area contributed by atoms with Crippen LogP contribution < -0.4 is 4.74 Å². The van der Waals surface area contributed by atoms with E-state index in [1.54, 1.807) is 13.3 Å².